The summed E-state index contributed by atoms with van der Waals surface area (Å²) in [7, 11) is 0. The minimum Gasteiger partial charge on any atom is -0.444 e. The molecule has 1 aliphatic carbocycles. The van der Waals surface area contributed by atoms with Crippen molar-refractivity contribution in [3.63, 3.8) is 0 Å². The second-order valence-electron chi connectivity index (χ2n) is 7.11. The van der Waals surface area contributed by atoms with Crippen LogP contribution < -0.4 is 5.32 Å². The average Bonchev–Trinajstić information content (AvgIpc) is 2.50. The number of carbonyl (C=O) groups excluding carboxylic acids is 2. The van der Waals surface area contributed by atoms with Crippen molar-refractivity contribution in [2.45, 2.75) is 57.3 Å². The van der Waals surface area contributed by atoms with E-state index in [4.69, 9.17) is 10.00 Å². The molecule has 2 unspecified atom stereocenters. The highest BCUT2D eigenvalue weighted by atomic mass is 19.1. The van der Waals surface area contributed by atoms with E-state index >= 15 is 0 Å². The van der Waals surface area contributed by atoms with Gasteiger partial charge in [0.15, 0.2) is 5.78 Å². The minimum absolute atomic E-state index is 0.0823. The third-order valence-corrected chi connectivity index (χ3v) is 4.02. The van der Waals surface area contributed by atoms with Crippen LogP contribution in [0.3, 0.4) is 0 Å². The van der Waals surface area contributed by atoms with Crippen LogP contribution in [0.4, 0.5) is 9.18 Å². The molecule has 0 aliphatic heterocycles. The maximum Gasteiger partial charge on any atom is 0.408 e. The van der Waals surface area contributed by atoms with Gasteiger partial charge in [-0.2, -0.15) is 5.26 Å². The summed E-state index contributed by atoms with van der Waals surface area (Å²) < 4.78 is 19.8. The van der Waals surface area contributed by atoms with Crippen LogP contribution in [0.2, 0.25) is 0 Å². The van der Waals surface area contributed by atoms with E-state index in [1.165, 1.54) is 12.1 Å². The van der Waals surface area contributed by atoms with Crippen molar-refractivity contribution in [1.29, 1.82) is 5.26 Å². The lowest BCUT2D eigenvalue weighted by atomic mass is 9.74. The molecule has 1 fully saturated rings. The Bertz CT molecular complexity index is 736. The lowest BCUT2D eigenvalue weighted by Gasteiger charge is -2.39. The molecule has 0 spiro atoms. The summed E-state index contributed by atoms with van der Waals surface area (Å²) in [5.74, 6) is -1.48. The van der Waals surface area contributed by atoms with Gasteiger partial charge < -0.3 is 15.2 Å². The van der Waals surface area contributed by atoms with Gasteiger partial charge in [-0.3, -0.25) is 4.79 Å². The SMILES string of the molecule is CC(C)(C)OC(=O)NC1(c2ccc(C#N)cc2F)CCCC(O)C1=O. The molecule has 0 aromatic heterocycles. The molecule has 0 heterocycles. The van der Waals surface area contributed by atoms with Crippen molar-refractivity contribution in [2.24, 2.45) is 0 Å². The number of ketones is 1. The lowest BCUT2D eigenvalue weighted by molar-refractivity contribution is -0.138. The smallest absolute Gasteiger partial charge is 0.408 e. The van der Waals surface area contributed by atoms with Gasteiger partial charge in [0.25, 0.3) is 0 Å². The molecule has 25 heavy (non-hydrogen) atoms. The van der Waals surface area contributed by atoms with Crippen LogP contribution in [-0.4, -0.2) is 28.7 Å². The normalized spacial score (nSPS) is 23.7. The topological polar surface area (TPSA) is 99.4 Å². The number of hydrogen-bond acceptors (Lipinski definition) is 5. The van der Waals surface area contributed by atoms with Crippen molar-refractivity contribution in [3.05, 3.63) is 35.1 Å². The van der Waals surface area contributed by atoms with Gasteiger partial charge in [-0.1, -0.05) is 6.07 Å². The van der Waals surface area contributed by atoms with Crippen LogP contribution in [0.15, 0.2) is 18.2 Å². The molecular weight excluding hydrogens is 327 g/mol. The first-order valence-corrected chi connectivity index (χ1v) is 8.03. The van der Waals surface area contributed by atoms with E-state index in [-0.39, 0.29) is 24.0 Å². The third-order valence-electron chi connectivity index (χ3n) is 4.02. The van der Waals surface area contributed by atoms with E-state index in [2.05, 4.69) is 5.32 Å². The van der Waals surface area contributed by atoms with Gasteiger partial charge in [0, 0.05) is 5.56 Å². The zero-order chi connectivity index (χ0) is 18.8. The highest BCUT2D eigenvalue weighted by Crippen LogP contribution is 2.36. The quantitative estimate of drug-likeness (QED) is 0.855. The molecule has 1 aliphatic rings. The summed E-state index contributed by atoms with van der Waals surface area (Å²) in [6.45, 7) is 5.00. The van der Waals surface area contributed by atoms with Gasteiger partial charge >= 0.3 is 6.09 Å². The Labute approximate surface area is 145 Å². The zero-order valence-electron chi connectivity index (χ0n) is 14.4. The first kappa shape index (κ1) is 18.9. The van der Waals surface area contributed by atoms with Gasteiger partial charge in [0.1, 0.15) is 23.1 Å². The second-order valence-corrected chi connectivity index (χ2v) is 7.11. The van der Waals surface area contributed by atoms with Crippen molar-refractivity contribution in [3.8, 4) is 6.07 Å². The number of nitriles is 1. The first-order chi connectivity index (χ1) is 11.6. The summed E-state index contributed by atoms with van der Waals surface area (Å²) in [5, 5.41) is 21.3. The molecule has 2 N–H and O–H groups in total. The van der Waals surface area contributed by atoms with Crippen LogP contribution in [0.1, 0.15) is 51.2 Å². The molecule has 1 aromatic rings. The predicted octanol–water partition coefficient (Wildman–Crippen LogP) is 2.53. The molecule has 0 bridgehead atoms. The molecule has 1 amide bonds. The average molecular weight is 348 g/mol. The molecule has 2 rings (SSSR count). The number of aliphatic hydroxyl groups excluding tert-OH is 1. The highest BCUT2D eigenvalue weighted by molar-refractivity contribution is 5.96. The van der Waals surface area contributed by atoms with Crippen LogP contribution in [0, 0.1) is 17.1 Å². The standard InChI is InChI=1S/C18H21FN2O4/c1-17(2,3)25-16(24)21-18(8-4-5-14(22)15(18)23)12-7-6-11(10-20)9-13(12)19/h6-7,9,14,22H,4-5,8H2,1-3H3,(H,21,24). The Morgan fingerprint density at radius 3 is 2.72 bits per heavy atom. The third kappa shape index (κ3) is 3.97. The maximum atomic E-state index is 14.6. The highest BCUT2D eigenvalue weighted by Gasteiger charge is 2.49. The van der Waals surface area contributed by atoms with E-state index in [0.717, 1.165) is 6.07 Å². The molecule has 0 radical (unpaired) electrons. The van der Waals surface area contributed by atoms with Gasteiger partial charge in [0.05, 0.1) is 11.6 Å². The van der Waals surface area contributed by atoms with Gasteiger partial charge in [-0.15, -0.1) is 0 Å². The van der Waals surface area contributed by atoms with E-state index in [9.17, 15) is 19.1 Å². The number of ether oxygens (including phenoxy) is 1. The summed E-state index contributed by atoms with van der Waals surface area (Å²) in [5.41, 5.74) is -2.51. The molecule has 1 saturated carbocycles. The second kappa shape index (κ2) is 6.81. The Kier molecular flexibility index (Phi) is 5.14. The fraction of sp³-hybridized carbons (Fsp3) is 0.500. The number of nitrogens with zero attached hydrogens (tertiary/aromatic N) is 1. The number of nitrogens with one attached hydrogen (secondary N) is 1. The van der Waals surface area contributed by atoms with Gasteiger partial charge in [-0.05, 0) is 52.2 Å². The van der Waals surface area contributed by atoms with Crippen molar-refractivity contribution in [1.82, 2.24) is 5.32 Å². The summed E-state index contributed by atoms with van der Waals surface area (Å²) >= 11 is 0. The fourth-order valence-electron chi connectivity index (χ4n) is 2.97. The van der Waals surface area contributed by atoms with Crippen LogP contribution in [0.25, 0.3) is 0 Å². The van der Waals surface area contributed by atoms with E-state index in [1.807, 2.05) is 6.07 Å². The number of alkyl carbamates (subject to hydrolysis) is 1. The Morgan fingerprint density at radius 2 is 2.16 bits per heavy atom. The number of halogens is 1. The minimum atomic E-state index is -1.72. The largest absolute Gasteiger partial charge is 0.444 e. The number of amides is 1. The molecule has 0 saturated heterocycles. The number of rotatable bonds is 2. The van der Waals surface area contributed by atoms with Gasteiger partial charge in [-0.25, -0.2) is 9.18 Å². The summed E-state index contributed by atoms with van der Waals surface area (Å²) in [4.78, 5) is 25.0. The van der Waals surface area contributed by atoms with Crippen LogP contribution in [-0.2, 0) is 15.1 Å². The monoisotopic (exact) mass is 348 g/mol. The Hall–Kier alpha value is -2.46. The summed E-state index contributed by atoms with van der Waals surface area (Å²) in [6.07, 6.45) is -1.39. The number of aliphatic hydroxyl groups is 1. The van der Waals surface area contributed by atoms with Crippen molar-refractivity contribution >= 4 is 11.9 Å². The number of benzene rings is 1. The Morgan fingerprint density at radius 1 is 1.48 bits per heavy atom. The van der Waals surface area contributed by atoms with E-state index in [0.29, 0.717) is 6.42 Å². The molecule has 134 valence electrons. The van der Waals surface area contributed by atoms with Crippen molar-refractivity contribution < 1.29 is 23.8 Å². The zero-order valence-corrected chi connectivity index (χ0v) is 14.4. The molecule has 1 aromatic carbocycles. The molecule has 6 nitrogen and oxygen atoms in total. The fourth-order valence-corrected chi connectivity index (χ4v) is 2.97. The van der Waals surface area contributed by atoms with Crippen molar-refractivity contribution in [2.75, 3.05) is 0 Å². The summed E-state index contributed by atoms with van der Waals surface area (Å²) in [6, 6.07) is 5.48. The Balaban J connectivity index is 2.49. The van der Waals surface area contributed by atoms with Crippen LogP contribution in [0.5, 0.6) is 0 Å². The molecular formula is C18H21FN2O4. The van der Waals surface area contributed by atoms with Crippen LogP contribution >= 0.6 is 0 Å². The predicted molar refractivity (Wildman–Crippen MR) is 87.0 cm³/mol. The number of Topliss-reactive ketones (excluding diaryl/α,β-unsaturated/α-hetero) is 1. The maximum absolute atomic E-state index is 14.6. The number of hydrogen-bond donors (Lipinski definition) is 2. The van der Waals surface area contributed by atoms with E-state index in [1.54, 1.807) is 20.8 Å². The first-order valence-electron chi connectivity index (χ1n) is 8.03. The van der Waals surface area contributed by atoms with E-state index < -0.39 is 34.9 Å². The molecule has 7 heteroatoms. The number of carbonyl (C=O) groups is 2. The lowest BCUT2D eigenvalue weighted by Crippen LogP contribution is -2.58. The molecule has 2 atom stereocenters. The van der Waals surface area contributed by atoms with Gasteiger partial charge in [0.2, 0.25) is 0 Å².